The monoisotopic (exact) mass is 1070 g/mol. The van der Waals surface area contributed by atoms with Gasteiger partial charge in [-0.2, -0.15) is 0 Å². The molecule has 74 heavy (non-hydrogen) atoms. The maximum Gasteiger partial charge on any atom is 0.328 e. The minimum atomic E-state index is -2.08. The van der Waals surface area contributed by atoms with E-state index in [1.54, 1.807) is 0 Å². The van der Waals surface area contributed by atoms with E-state index in [2.05, 4.69) is 29.8 Å². The first-order chi connectivity index (χ1) is 35.8. The van der Waals surface area contributed by atoms with Crippen molar-refractivity contribution in [3.8, 4) is 0 Å². The average Bonchev–Trinajstić information content (AvgIpc) is 3.39. The average molecular weight is 1070 g/mol. The summed E-state index contributed by atoms with van der Waals surface area (Å²) in [7, 11) is 0. The summed E-state index contributed by atoms with van der Waals surface area (Å²) >= 11 is 0. The minimum absolute atomic E-state index is 0.00301. The van der Waals surface area contributed by atoms with E-state index in [0.29, 0.717) is 13.0 Å². The fourth-order valence-electron chi connectivity index (χ4n) is 7.92. The zero-order chi connectivity index (χ0) is 54.6. The lowest BCUT2D eigenvalue weighted by atomic mass is 9.99. The summed E-state index contributed by atoms with van der Waals surface area (Å²) in [5.41, 5.74) is 0. The van der Waals surface area contributed by atoms with Crippen molar-refractivity contribution in [1.82, 2.24) is 16.0 Å². The third-order valence-electron chi connectivity index (χ3n) is 12.5. The van der Waals surface area contributed by atoms with Gasteiger partial charge in [0.15, 0.2) is 12.4 Å². The molecule has 10 N–H and O–H groups in total. The summed E-state index contributed by atoms with van der Waals surface area (Å²) in [6, 6.07) is -1.05. The molecule has 0 unspecified atom stereocenters. The van der Waals surface area contributed by atoms with Gasteiger partial charge in [0.1, 0.15) is 42.7 Å². The molecule has 22 heteroatoms. The molecule has 1 heterocycles. The molecule has 3 amide bonds. The largest absolute Gasteiger partial charge is 0.466 e. The Labute approximate surface area is 439 Å². The topological polar surface area (TPSA) is 328 Å². The summed E-state index contributed by atoms with van der Waals surface area (Å²) < 4.78 is 37.8. The molecule has 0 aromatic heterocycles. The van der Waals surface area contributed by atoms with Gasteiger partial charge in [0.2, 0.25) is 11.8 Å². The third-order valence-corrected chi connectivity index (χ3v) is 12.5. The number of hydrogen-bond donors (Lipinski definition) is 10. The van der Waals surface area contributed by atoms with Crippen LogP contribution in [0, 0.1) is 0 Å². The van der Waals surface area contributed by atoms with Crippen molar-refractivity contribution in [3.05, 3.63) is 0 Å². The SMILES string of the molecule is CCCCCCCCCCCCOC(=O)CC[C@H](NC(=O)CCC(=O)NCCOCCOCCOCCNC(=O)[C@@H](O)[C@H](O[C@@H]1O[C@H](CO)[C@H](O)[C@H](O)[C@H]1O)[C@H](O)CO)C(=O)OCCCCCCCCCCCC. The van der Waals surface area contributed by atoms with Gasteiger partial charge in [-0.25, -0.2) is 4.79 Å². The van der Waals surface area contributed by atoms with Gasteiger partial charge >= 0.3 is 11.9 Å². The molecule has 22 nitrogen and oxygen atoms in total. The third kappa shape index (κ3) is 33.8. The van der Waals surface area contributed by atoms with Crippen molar-refractivity contribution < 1.29 is 92.9 Å². The maximum atomic E-state index is 13.1. The second kappa shape index (κ2) is 46.0. The van der Waals surface area contributed by atoms with Crippen molar-refractivity contribution in [2.75, 3.05) is 79.2 Å². The number of hydrogen-bond acceptors (Lipinski definition) is 19. The second-order valence-electron chi connectivity index (χ2n) is 18.9. The molecule has 1 saturated heterocycles. The molecule has 0 saturated carbocycles. The number of carbonyl (C=O) groups excluding carboxylic acids is 5. The summed E-state index contributed by atoms with van der Waals surface area (Å²) in [6.07, 6.45) is 8.41. The van der Waals surface area contributed by atoms with Crippen LogP contribution in [0.15, 0.2) is 0 Å². The van der Waals surface area contributed by atoms with Crippen LogP contribution in [0.25, 0.3) is 0 Å². The molecule has 1 aliphatic rings. The Kier molecular flexibility index (Phi) is 42.8. The molecular weight excluding hydrogens is 971 g/mol. The highest BCUT2D eigenvalue weighted by Crippen LogP contribution is 2.25. The van der Waals surface area contributed by atoms with Crippen molar-refractivity contribution in [1.29, 1.82) is 0 Å². The predicted octanol–water partition coefficient (Wildman–Crippen LogP) is 2.14. The summed E-state index contributed by atoms with van der Waals surface area (Å²) in [5, 5.41) is 77.4. The van der Waals surface area contributed by atoms with Crippen LogP contribution in [-0.4, -0.2) is 200 Å². The number of unbranched alkanes of at least 4 members (excludes halogenated alkanes) is 18. The van der Waals surface area contributed by atoms with E-state index in [9.17, 15) is 59.7 Å². The number of carbonyl (C=O) groups is 5. The van der Waals surface area contributed by atoms with Gasteiger partial charge in [-0.3, -0.25) is 19.2 Å². The van der Waals surface area contributed by atoms with Gasteiger partial charge in [-0.15, -0.1) is 0 Å². The fourth-order valence-corrected chi connectivity index (χ4v) is 7.92. The molecule has 0 aromatic carbocycles. The lowest BCUT2D eigenvalue weighted by Gasteiger charge is -2.41. The highest BCUT2D eigenvalue weighted by Gasteiger charge is 2.47. The summed E-state index contributed by atoms with van der Waals surface area (Å²) in [5.74, 6) is -2.99. The van der Waals surface area contributed by atoms with E-state index in [1.807, 2.05) is 0 Å². The summed E-state index contributed by atoms with van der Waals surface area (Å²) in [6.45, 7) is 4.25. The minimum Gasteiger partial charge on any atom is -0.466 e. The van der Waals surface area contributed by atoms with Crippen LogP contribution in [0.2, 0.25) is 0 Å². The van der Waals surface area contributed by atoms with Crippen LogP contribution < -0.4 is 16.0 Å². The van der Waals surface area contributed by atoms with Crippen LogP contribution in [0.3, 0.4) is 0 Å². The number of amides is 3. The van der Waals surface area contributed by atoms with E-state index in [4.69, 9.17) is 33.2 Å². The number of nitrogens with one attached hydrogen (secondary N) is 3. The quantitative estimate of drug-likeness (QED) is 0.0308. The van der Waals surface area contributed by atoms with Crippen molar-refractivity contribution in [3.63, 3.8) is 0 Å². The van der Waals surface area contributed by atoms with Gasteiger partial charge in [0.05, 0.1) is 66.1 Å². The lowest BCUT2D eigenvalue weighted by molar-refractivity contribution is -0.323. The Hall–Kier alpha value is -3.13. The van der Waals surface area contributed by atoms with Gasteiger partial charge in [-0.1, -0.05) is 129 Å². The van der Waals surface area contributed by atoms with Crippen LogP contribution in [-0.2, 0) is 57.1 Å². The van der Waals surface area contributed by atoms with Gasteiger partial charge in [-0.05, 0) is 19.3 Å². The van der Waals surface area contributed by atoms with Gasteiger partial charge < -0.3 is 84.9 Å². The van der Waals surface area contributed by atoms with E-state index in [1.165, 1.54) is 83.5 Å². The molecule has 1 rings (SSSR count). The highest BCUT2D eigenvalue weighted by atomic mass is 16.7. The Bertz CT molecular complexity index is 1430. The molecular formula is C52H97N3O19. The number of ether oxygens (including phenoxy) is 7. The van der Waals surface area contributed by atoms with Crippen molar-refractivity contribution in [2.45, 2.75) is 223 Å². The molecule has 9 atom stereocenters. The van der Waals surface area contributed by atoms with E-state index in [-0.39, 0.29) is 90.9 Å². The van der Waals surface area contributed by atoms with Crippen molar-refractivity contribution in [2.24, 2.45) is 0 Å². The lowest BCUT2D eigenvalue weighted by Crippen LogP contribution is -2.61. The summed E-state index contributed by atoms with van der Waals surface area (Å²) in [4.78, 5) is 63.6. The van der Waals surface area contributed by atoms with Gasteiger partial charge in [0, 0.05) is 32.4 Å². The first-order valence-corrected chi connectivity index (χ1v) is 27.6. The molecule has 1 aliphatic heterocycles. The van der Waals surface area contributed by atoms with Crippen LogP contribution in [0.4, 0.5) is 0 Å². The highest BCUT2D eigenvalue weighted by molar-refractivity contribution is 5.87. The number of esters is 2. The normalized spacial score (nSPS) is 19.3. The van der Waals surface area contributed by atoms with Gasteiger partial charge in [0.25, 0.3) is 5.91 Å². The van der Waals surface area contributed by atoms with E-state index >= 15 is 0 Å². The molecule has 0 aliphatic carbocycles. The number of aliphatic hydroxyl groups excluding tert-OH is 7. The van der Waals surface area contributed by atoms with Crippen LogP contribution >= 0.6 is 0 Å². The van der Waals surface area contributed by atoms with E-state index < -0.39 is 92.0 Å². The zero-order valence-electron chi connectivity index (χ0n) is 44.7. The molecule has 1 fully saturated rings. The first-order valence-electron chi connectivity index (χ1n) is 27.6. The van der Waals surface area contributed by atoms with Crippen molar-refractivity contribution >= 4 is 29.7 Å². The predicted molar refractivity (Wildman–Crippen MR) is 272 cm³/mol. The Morgan fingerprint density at radius 3 is 1.53 bits per heavy atom. The van der Waals surface area contributed by atoms with Crippen LogP contribution in [0.5, 0.6) is 0 Å². The molecule has 434 valence electrons. The van der Waals surface area contributed by atoms with E-state index in [0.717, 1.165) is 38.5 Å². The Balaban J connectivity index is 2.32. The molecule has 0 spiro atoms. The molecule has 0 bridgehead atoms. The Morgan fingerprint density at radius 2 is 1.01 bits per heavy atom. The zero-order valence-corrected chi connectivity index (χ0v) is 44.7. The number of aliphatic hydroxyl groups is 7. The fraction of sp³-hybridized carbons (Fsp3) is 0.904. The smallest absolute Gasteiger partial charge is 0.328 e. The van der Waals surface area contributed by atoms with Crippen LogP contribution in [0.1, 0.15) is 168 Å². The maximum absolute atomic E-state index is 13.1. The molecule has 0 aromatic rings. The Morgan fingerprint density at radius 1 is 0.541 bits per heavy atom. The first kappa shape index (κ1) is 68.9. The second-order valence-corrected chi connectivity index (χ2v) is 18.9. The standard InChI is InChI=1S/C52H97N3O19/c1-3-5-7-9-11-13-15-17-19-21-29-71-44(61)26-23-39(51(67)72-30-22-20-18-16-14-12-10-8-6-4-2)55-43(60)25-24-42(59)53-27-31-68-33-35-70-36-34-69-32-28-54-50(66)48(65)49(40(58)37-56)74-52-47(64)46(63)45(62)41(38-57)73-52/h39-41,45-49,52,56-58,62-65H,3-38H2,1-2H3,(H,53,59)(H,54,66)(H,55,60)/t39-,40+,41+,45-,46-,47+,48-,49+,52-/m0/s1. The number of rotatable bonds is 49. The molecule has 0 radical (unpaired) electrons.